The van der Waals surface area contributed by atoms with Crippen LogP contribution in [0.15, 0.2) is 17.6 Å². The summed E-state index contributed by atoms with van der Waals surface area (Å²) in [4.78, 5) is 15.7. The lowest BCUT2D eigenvalue weighted by atomic mass is 10.1. The first-order valence-electron chi connectivity index (χ1n) is 5.01. The van der Waals surface area contributed by atoms with Crippen molar-refractivity contribution < 1.29 is 17.8 Å². The Bertz CT molecular complexity index is 418. The van der Waals surface area contributed by atoms with Gasteiger partial charge in [0, 0.05) is 6.54 Å². The zero-order valence-corrected chi connectivity index (χ0v) is 11.0. The number of carbonyl (C=O) groups excluding carboxylic acids is 1. The van der Waals surface area contributed by atoms with Crippen molar-refractivity contribution in [3.05, 3.63) is 12.7 Å². The number of amides is 1. The molecule has 1 amide bonds. The molecule has 0 aliphatic carbocycles. The number of hydrogen-bond acceptors (Lipinski definition) is 4. The van der Waals surface area contributed by atoms with E-state index in [-0.39, 0.29) is 12.3 Å². The number of aliphatic imine (C=N–C) groups is 1. The first-order chi connectivity index (χ1) is 7.55. The SMILES string of the molecule is C=C/C(=N\C(C)(C)C)C(=O)NCCS(=O)(=O)O. The van der Waals surface area contributed by atoms with Crippen LogP contribution >= 0.6 is 0 Å². The van der Waals surface area contributed by atoms with Crippen LogP contribution in [0, 0.1) is 0 Å². The van der Waals surface area contributed by atoms with Gasteiger partial charge in [-0.2, -0.15) is 8.42 Å². The second-order valence-electron chi connectivity index (χ2n) is 4.41. The number of nitrogens with zero attached hydrogens (tertiary/aromatic N) is 1. The van der Waals surface area contributed by atoms with E-state index in [9.17, 15) is 13.2 Å². The van der Waals surface area contributed by atoms with Gasteiger partial charge in [0.2, 0.25) is 0 Å². The molecule has 0 heterocycles. The Morgan fingerprint density at radius 3 is 2.35 bits per heavy atom. The summed E-state index contributed by atoms with van der Waals surface area (Å²) in [5.74, 6) is -1.04. The summed E-state index contributed by atoms with van der Waals surface area (Å²) < 4.78 is 29.4. The summed E-state index contributed by atoms with van der Waals surface area (Å²) in [6.45, 7) is 8.76. The van der Waals surface area contributed by atoms with Crippen molar-refractivity contribution in [3.63, 3.8) is 0 Å². The first kappa shape index (κ1) is 15.8. The lowest BCUT2D eigenvalue weighted by molar-refractivity contribution is -0.114. The monoisotopic (exact) mass is 262 g/mol. The Morgan fingerprint density at radius 2 is 2.00 bits per heavy atom. The Hall–Kier alpha value is -1.21. The minimum absolute atomic E-state index is 0.132. The van der Waals surface area contributed by atoms with Crippen molar-refractivity contribution in [1.82, 2.24) is 5.32 Å². The molecule has 0 bridgehead atoms. The van der Waals surface area contributed by atoms with Crippen LogP contribution in [0.4, 0.5) is 0 Å². The molecule has 0 rings (SSSR count). The van der Waals surface area contributed by atoms with Crippen molar-refractivity contribution in [2.75, 3.05) is 12.3 Å². The number of carbonyl (C=O) groups is 1. The van der Waals surface area contributed by atoms with Crippen molar-refractivity contribution in [2.24, 2.45) is 4.99 Å². The average Bonchev–Trinajstić information content (AvgIpc) is 2.10. The average molecular weight is 262 g/mol. The van der Waals surface area contributed by atoms with Gasteiger partial charge in [0.05, 0.1) is 11.3 Å². The Morgan fingerprint density at radius 1 is 1.47 bits per heavy atom. The van der Waals surface area contributed by atoms with Crippen LogP contribution in [0.1, 0.15) is 20.8 Å². The third-order valence-corrected chi connectivity index (χ3v) is 2.25. The van der Waals surface area contributed by atoms with Gasteiger partial charge in [0.15, 0.2) is 0 Å². The summed E-state index contributed by atoms with van der Waals surface area (Å²) in [7, 11) is -4.07. The maximum Gasteiger partial charge on any atom is 0.269 e. The lowest BCUT2D eigenvalue weighted by Gasteiger charge is -2.14. The van der Waals surface area contributed by atoms with Crippen LogP contribution < -0.4 is 5.32 Å². The topological polar surface area (TPSA) is 95.8 Å². The molecule has 7 heteroatoms. The Balaban J connectivity index is 4.49. The van der Waals surface area contributed by atoms with Crippen molar-refractivity contribution in [2.45, 2.75) is 26.3 Å². The van der Waals surface area contributed by atoms with Crippen molar-refractivity contribution >= 4 is 21.7 Å². The number of hydrogen-bond donors (Lipinski definition) is 2. The summed E-state index contributed by atoms with van der Waals surface area (Å²) in [5.41, 5.74) is -0.294. The summed E-state index contributed by atoms with van der Waals surface area (Å²) in [6.07, 6.45) is 1.30. The fourth-order valence-electron chi connectivity index (χ4n) is 0.935. The third kappa shape index (κ3) is 8.58. The molecule has 6 nitrogen and oxygen atoms in total. The number of nitrogens with one attached hydrogen (secondary N) is 1. The maximum absolute atomic E-state index is 11.5. The molecule has 0 aromatic carbocycles. The predicted molar refractivity (Wildman–Crippen MR) is 66.8 cm³/mol. The van der Waals surface area contributed by atoms with Gasteiger partial charge < -0.3 is 5.32 Å². The molecule has 17 heavy (non-hydrogen) atoms. The minimum Gasteiger partial charge on any atom is -0.350 e. The quantitative estimate of drug-likeness (QED) is 0.554. The highest BCUT2D eigenvalue weighted by atomic mass is 32.2. The molecular formula is C10H18N2O4S. The Labute approximate surface area is 102 Å². The van der Waals surface area contributed by atoms with Gasteiger partial charge in [-0.1, -0.05) is 6.58 Å². The van der Waals surface area contributed by atoms with E-state index in [0.717, 1.165) is 0 Å². The molecule has 0 radical (unpaired) electrons. The van der Waals surface area contributed by atoms with E-state index in [1.165, 1.54) is 6.08 Å². The zero-order valence-electron chi connectivity index (χ0n) is 10.2. The molecule has 0 fully saturated rings. The highest BCUT2D eigenvalue weighted by Crippen LogP contribution is 2.07. The van der Waals surface area contributed by atoms with E-state index in [2.05, 4.69) is 16.9 Å². The largest absolute Gasteiger partial charge is 0.350 e. The van der Waals surface area contributed by atoms with Crippen LogP contribution in [-0.2, 0) is 14.9 Å². The lowest BCUT2D eigenvalue weighted by Crippen LogP contribution is -2.35. The van der Waals surface area contributed by atoms with Gasteiger partial charge in [0.25, 0.3) is 16.0 Å². The second-order valence-corrected chi connectivity index (χ2v) is 5.99. The zero-order chi connectivity index (χ0) is 13.7. The molecule has 0 aliphatic heterocycles. The van der Waals surface area contributed by atoms with Gasteiger partial charge in [0.1, 0.15) is 5.71 Å². The summed E-state index contributed by atoms with van der Waals surface area (Å²) in [6, 6.07) is 0. The molecule has 2 N–H and O–H groups in total. The molecule has 0 unspecified atom stereocenters. The van der Waals surface area contributed by atoms with Crippen LogP contribution in [0.5, 0.6) is 0 Å². The molecule has 0 atom stereocenters. The van der Waals surface area contributed by atoms with E-state index in [1.807, 2.05) is 20.8 Å². The highest BCUT2D eigenvalue weighted by Gasteiger charge is 2.14. The first-order valence-corrected chi connectivity index (χ1v) is 6.62. The van der Waals surface area contributed by atoms with Crippen molar-refractivity contribution in [1.29, 1.82) is 0 Å². The van der Waals surface area contributed by atoms with Gasteiger partial charge >= 0.3 is 0 Å². The van der Waals surface area contributed by atoms with Crippen molar-refractivity contribution in [3.8, 4) is 0 Å². The second kappa shape index (κ2) is 5.92. The van der Waals surface area contributed by atoms with Crippen LogP contribution in [0.2, 0.25) is 0 Å². The van der Waals surface area contributed by atoms with E-state index < -0.39 is 27.3 Å². The Kier molecular flexibility index (Phi) is 5.50. The maximum atomic E-state index is 11.5. The normalized spacial score (nSPS) is 13.3. The van der Waals surface area contributed by atoms with E-state index >= 15 is 0 Å². The van der Waals surface area contributed by atoms with E-state index in [4.69, 9.17) is 4.55 Å². The fourth-order valence-corrected chi connectivity index (χ4v) is 1.29. The standard InChI is InChI=1S/C10H18N2O4S/c1-5-8(12-10(2,3)4)9(13)11-6-7-17(14,15)16/h5H,1,6-7H2,2-4H3,(H,11,13)(H,14,15,16)/b12-8+. The smallest absolute Gasteiger partial charge is 0.269 e. The summed E-state index contributed by atoms with van der Waals surface area (Å²) >= 11 is 0. The highest BCUT2D eigenvalue weighted by molar-refractivity contribution is 7.85. The van der Waals surface area contributed by atoms with Gasteiger partial charge in [-0.05, 0) is 26.8 Å². The van der Waals surface area contributed by atoms with Gasteiger partial charge in [-0.3, -0.25) is 14.3 Å². The van der Waals surface area contributed by atoms with Crippen LogP contribution in [0.25, 0.3) is 0 Å². The third-order valence-electron chi connectivity index (χ3n) is 1.53. The molecular weight excluding hydrogens is 244 g/mol. The predicted octanol–water partition coefficient (Wildman–Crippen LogP) is 0.416. The molecule has 0 spiro atoms. The molecule has 0 aromatic rings. The summed E-state index contributed by atoms with van der Waals surface area (Å²) in [5, 5.41) is 2.33. The van der Waals surface area contributed by atoms with E-state index in [1.54, 1.807) is 0 Å². The van der Waals surface area contributed by atoms with Gasteiger partial charge in [-0.15, -0.1) is 0 Å². The fraction of sp³-hybridized carbons (Fsp3) is 0.600. The minimum atomic E-state index is -4.07. The molecule has 0 aliphatic rings. The van der Waals surface area contributed by atoms with Crippen LogP contribution in [-0.4, -0.2) is 42.4 Å². The number of rotatable bonds is 5. The molecule has 0 saturated heterocycles. The molecule has 0 aromatic heterocycles. The van der Waals surface area contributed by atoms with Crippen LogP contribution in [0.3, 0.4) is 0 Å². The van der Waals surface area contributed by atoms with Gasteiger partial charge in [-0.25, -0.2) is 0 Å². The molecule has 0 saturated carbocycles. The molecule has 98 valence electrons. The van der Waals surface area contributed by atoms with E-state index in [0.29, 0.717) is 0 Å².